The van der Waals surface area contributed by atoms with Gasteiger partial charge in [0.15, 0.2) is 0 Å². The summed E-state index contributed by atoms with van der Waals surface area (Å²) in [5.74, 6) is -1.46. The summed E-state index contributed by atoms with van der Waals surface area (Å²) in [6.45, 7) is 3.84. The van der Waals surface area contributed by atoms with Gasteiger partial charge in [-0.05, 0) is 31.0 Å². The maximum Gasteiger partial charge on any atom is 0.251 e. The molecular weight excluding hydrogens is 359 g/mol. The van der Waals surface area contributed by atoms with Crippen molar-refractivity contribution in [2.24, 2.45) is 5.14 Å². The second-order valence-corrected chi connectivity index (χ2v) is 7.71. The second-order valence-electron chi connectivity index (χ2n) is 6.18. The highest BCUT2D eigenvalue weighted by molar-refractivity contribution is 7.89. The predicted molar refractivity (Wildman–Crippen MR) is 98.9 cm³/mol. The normalized spacial score (nSPS) is 11.5. The van der Waals surface area contributed by atoms with E-state index in [1.54, 1.807) is 0 Å². The van der Waals surface area contributed by atoms with E-state index in [0.29, 0.717) is 19.6 Å². The summed E-state index contributed by atoms with van der Waals surface area (Å²) in [5.41, 5.74) is 0.0448. The van der Waals surface area contributed by atoms with Gasteiger partial charge in [0.1, 0.15) is 10.7 Å². The van der Waals surface area contributed by atoms with Crippen LogP contribution in [0.1, 0.15) is 62.2 Å². The van der Waals surface area contributed by atoms with Gasteiger partial charge in [-0.2, -0.15) is 0 Å². The lowest BCUT2D eigenvalue weighted by Crippen LogP contribution is -2.26. The van der Waals surface area contributed by atoms with Gasteiger partial charge in [-0.25, -0.2) is 17.9 Å². The first-order chi connectivity index (χ1) is 12.4. The van der Waals surface area contributed by atoms with Crippen molar-refractivity contribution in [1.82, 2.24) is 5.32 Å². The zero-order valence-electron chi connectivity index (χ0n) is 15.3. The molecule has 8 heteroatoms. The lowest BCUT2D eigenvalue weighted by molar-refractivity contribution is 0.0939. The van der Waals surface area contributed by atoms with Crippen molar-refractivity contribution in [2.75, 3.05) is 19.8 Å². The van der Waals surface area contributed by atoms with Crippen LogP contribution in [0.5, 0.6) is 0 Å². The van der Waals surface area contributed by atoms with E-state index in [2.05, 4.69) is 12.2 Å². The number of amides is 1. The summed E-state index contributed by atoms with van der Waals surface area (Å²) in [6.07, 6.45) is 7.90. The highest BCUT2D eigenvalue weighted by atomic mass is 32.2. The van der Waals surface area contributed by atoms with Gasteiger partial charge in [-0.15, -0.1) is 0 Å². The van der Waals surface area contributed by atoms with Crippen molar-refractivity contribution in [3.63, 3.8) is 0 Å². The van der Waals surface area contributed by atoms with Gasteiger partial charge >= 0.3 is 0 Å². The van der Waals surface area contributed by atoms with E-state index in [9.17, 15) is 17.6 Å². The number of ether oxygens (including phenoxy) is 1. The lowest BCUT2D eigenvalue weighted by Gasteiger charge is -2.08. The molecule has 1 aromatic carbocycles. The molecule has 0 aliphatic rings. The Balaban J connectivity index is 2.21. The first-order valence-electron chi connectivity index (χ1n) is 9.04. The molecular formula is C18H29FN2O4S. The van der Waals surface area contributed by atoms with E-state index in [0.717, 1.165) is 25.2 Å². The summed E-state index contributed by atoms with van der Waals surface area (Å²) in [7, 11) is -4.21. The standard InChI is InChI=1S/C18H29FN2O4S/c1-2-3-4-5-6-7-12-25-13-8-11-21-18(22)15-9-10-16(19)17(14-15)26(20,23)24/h9-10,14H,2-8,11-13H2,1H3,(H,21,22)(H2,20,23,24). The van der Waals surface area contributed by atoms with Crippen molar-refractivity contribution in [3.8, 4) is 0 Å². The predicted octanol–water partition coefficient (Wildman–Crippen LogP) is 2.97. The summed E-state index contributed by atoms with van der Waals surface area (Å²) in [6, 6.07) is 3.07. The quantitative estimate of drug-likeness (QED) is 0.508. The molecule has 0 bridgehead atoms. The summed E-state index contributed by atoms with van der Waals surface area (Å²) in [4.78, 5) is 11.3. The molecule has 0 atom stereocenters. The van der Waals surface area contributed by atoms with Gasteiger partial charge in [-0.1, -0.05) is 39.0 Å². The van der Waals surface area contributed by atoms with Crippen LogP contribution in [0.15, 0.2) is 23.1 Å². The highest BCUT2D eigenvalue weighted by Crippen LogP contribution is 2.15. The zero-order valence-corrected chi connectivity index (χ0v) is 16.1. The topological polar surface area (TPSA) is 98.5 Å². The third-order valence-corrected chi connectivity index (χ3v) is 4.82. The van der Waals surface area contributed by atoms with E-state index in [1.807, 2.05) is 0 Å². The third kappa shape index (κ3) is 8.73. The van der Waals surface area contributed by atoms with E-state index in [-0.39, 0.29) is 5.56 Å². The Bertz CT molecular complexity index is 665. The maximum absolute atomic E-state index is 13.5. The molecule has 0 aliphatic heterocycles. The van der Waals surface area contributed by atoms with Crippen LogP contribution >= 0.6 is 0 Å². The van der Waals surface area contributed by atoms with Crippen LogP contribution in [-0.2, 0) is 14.8 Å². The molecule has 0 aliphatic carbocycles. The van der Waals surface area contributed by atoms with Gasteiger partial charge in [-0.3, -0.25) is 4.79 Å². The highest BCUT2D eigenvalue weighted by Gasteiger charge is 2.17. The van der Waals surface area contributed by atoms with Crippen molar-refractivity contribution in [1.29, 1.82) is 0 Å². The number of unbranched alkanes of at least 4 members (excludes halogenated alkanes) is 5. The van der Waals surface area contributed by atoms with Gasteiger partial charge in [0, 0.05) is 25.3 Å². The molecule has 0 spiro atoms. The molecule has 0 radical (unpaired) electrons. The van der Waals surface area contributed by atoms with E-state index in [4.69, 9.17) is 9.88 Å². The molecule has 0 saturated carbocycles. The number of carbonyl (C=O) groups excluding carboxylic acids is 1. The van der Waals surface area contributed by atoms with Crippen LogP contribution in [0.4, 0.5) is 4.39 Å². The summed E-state index contributed by atoms with van der Waals surface area (Å²) >= 11 is 0. The molecule has 1 aromatic rings. The first-order valence-corrected chi connectivity index (χ1v) is 10.6. The van der Waals surface area contributed by atoms with Crippen molar-refractivity contribution in [3.05, 3.63) is 29.6 Å². The fourth-order valence-electron chi connectivity index (χ4n) is 2.43. The molecule has 0 fully saturated rings. The minimum absolute atomic E-state index is 0.0448. The Morgan fingerprint density at radius 2 is 1.77 bits per heavy atom. The molecule has 0 unspecified atom stereocenters. The van der Waals surface area contributed by atoms with Crippen molar-refractivity contribution >= 4 is 15.9 Å². The average molecular weight is 389 g/mol. The number of halogens is 1. The Hall–Kier alpha value is -1.51. The van der Waals surface area contributed by atoms with E-state index < -0.39 is 26.6 Å². The summed E-state index contributed by atoms with van der Waals surface area (Å²) < 4.78 is 41.5. The number of nitrogens with one attached hydrogen (secondary N) is 1. The van der Waals surface area contributed by atoms with Gasteiger partial charge in [0.05, 0.1) is 0 Å². The number of hydrogen-bond acceptors (Lipinski definition) is 4. The fourth-order valence-corrected chi connectivity index (χ4v) is 3.06. The van der Waals surface area contributed by atoms with Gasteiger partial charge in [0.25, 0.3) is 5.91 Å². The van der Waals surface area contributed by atoms with E-state index in [1.165, 1.54) is 38.2 Å². The smallest absolute Gasteiger partial charge is 0.251 e. The van der Waals surface area contributed by atoms with Crippen LogP contribution in [0.25, 0.3) is 0 Å². The van der Waals surface area contributed by atoms with Crippen LogP contribution in [0.3, 0.4) is 0 Å². The molecule has 0 heterocycles. The number of primary sulfonamides is 1. The lowest BCUT2D eigenvalue weighted by atomic mass is 10.1. The maximum atomic E-state index is 13.5. The Labute approximate surface area is 155 Å². The van der Waals surface area contributed by atoms with Crippen LogP contribution < -0.4 is 10.5 Å². The van der Waals surface area contributed by atoms with Crippen LogP contribution in [0.2, 0.25) is 0 Å². The molecule has 6 nitrogen and oxygen atoms in total. The zero-order chi connectivity index (χ0) is 19.4. The first kappa shape index (κ1) is 22.5. The molecule has 26 heavy (non-hydrogen) atoms. The fraction of sp³-hybridized carbons (Fsp3) is 0.611. The number of nitrogens with two attached hydrogens (primary N) is 1. The van der Waals surface area contributed by atoms with Crippen LogP contribution in [0, 0.1) is 5.82 Å². The number of rotatable bonds is 13. The SMILES string of the molecule is CCCCCCCCOCCCNC(=O)c1ccc(F)c(S(N)(=O)=O)c1. The van der Waals surface area contributed by atoms with Crippen LogP contribution in [-0.4, -0.2) is 34.1 Å². The molecule has 148 valence electrons. The molecule has 1 amide bonds. The Morgan fingerprint density at radius 1 is 1.12 bits per heavy atom. The average Bonchev–Trinajstić information content (AvgIpc) is 2.58. The largest absolute Gasteiger partial charge is 0.381 e. The summed E-state index contributed by atoms with van der Waals surface area (Å²) in [5, 5.41) is 7.57. The Kier molecular flexibility index (Phi) is 10.4. The second kappa shape index (κ2) is 12.0. The van der Waals surface area contributed by atoms with Crippen molar-refractivity contribution in [2.45, 2.75) is 56.8 Å². The monoisotopic (exact) mass is 388 g/mol. The minimum Gasteiger partial charge on any atom is -0.381 e. The number of hydrogen-bond donors (Lipinski definition) is 2. The molecule has 3 N–H and O–H groups in total. The third-order valence-electron chi connectivity index (χ3n) is 3.89. The Morgan fingerprint density at radius 3 is 2.46 bits per heavy atom. The number of carbonyl (C=O) groups is 1. The van der Waals surface area contributed by atoms with Gasteiger partial charge in [0.2, 0.25) is 10.0 Å². The van der Waals surface area contributed by atoms with E-state index >= 15 is 0 Å². The molecule has 0 saturated heterocycles. The number of benzene rings is 1. The molecule has 0 aromatic heterocycles. The van der Waals surface area contributed by atoms with Gasteiger partial charge < -0.3 is 10.1 Å². The molecule has 1 rings (SSSR count). The number of sulfonamides is 1. The minimum atomic E-state index is -4.21. The van der Waals surface area contributed by atoms with Crippen molar-refractivity contribution < 1.29 is 22.3 Å².